The molecule has 2 aliphatic heterocycles. The maximum atomic E-state index is 13.3. The summed E-state index contributed by atoms with van der Waals surface area (Å²) in [5.41, 5.74) is 1.86. The molecule has 3 aromatic rings. The van der Waals surface area contributed by atoms with Gasteiger partial charge in [0, 0.05) is 65.9 Å². The fraction of sp³-hybridized carbons (Fsp3) is 0.182. The summed E-state index contributed by atoms with van der Waals surface area (Å²) in [4.78, 5) is 40.5. The smallest absolute Gasteiger partial charge is 0.271 e. The van der Waals surface area contributed by atoms with E-state index in [0.29, 0.717) is 16.5 Å². The molecule has 2 heterocycles. The lowest BCUT2D eigenvalue weighted by molar-refractivity contribution is -0.384. The van der Waals surface area contributed by atoms with Gasteiger partial charge in [-0.15, -0.1) is 0 Å². The van der Waals surface area contributed by atoms with Gasteiger partial charge in [-0.3, -0.25) is 19.7 Å². The zero-order valence-electron chi connectivity index (χ0n) is 16.0. The number of piperazine rings is 1. The summed E-state index contributed by atoms with van der Waals surface area (Å²) in [5.74, 6) is -0.952. The lowest BCUT2D eigenvalue weighted by Crippen LogP contribution is -2.44. The van der Waals surface area contributed by atoms with Crippen molar-refractivity contribution in [3.05, 3.63) is 75.8 Å². The number of carbonyl (C=O) groups excluding carboxylic acids is 2. The van der Waals surface area contributed by atoms with Gasteiger partial charge in [0.1, 0.15) is 0 Å². The minimum Gasteiger partial charge on any atom is -0.368 e. The summed E-state index contributed by atoms with van der Waals surface area (Å²) in [6.07, 6.45) is 0. The predicted molar refractivity (Wildman–Crippen MR) is 113 cm³/mol. The first-order chi connectivity index (χ1) is 14.6. The zero-order valence-corrected chi connectivity index (χ0v) is 16.0. The Morgan fingerprint density at radius 1 is 0.900 bits per heavy atom. The molecular weight excluding hydrogens is 384 g/mol. The van der Waals surface area contributed by atoms with Crippen LogP contribution in [-0.4, -0.2) is 42.9 Å². The average molecular weight is 402 g/mol. The topological polar surface area (TPSA) is 95.8 Å². The second-order valence-corrected chi connectivity index (χ2v) is 7.32. The van der Waals surface area contributed by atoms with E-state index in [9.17, 15) is 19.7 Å². The van der Waals surface area contributed by atoms with E-state index in [2.05, 4.69) is 10.2 Å². The predicted octanol–water partition coefficient (Wildman–Crippen LogP) is 2.96. The van der Waals surface area contributed by atoms with Gasteiger partial charge < -0.3 is 10.2 Å². The van der Waals surface area contributed by atoms with E-state index in [1.807, 2.05) is 18.2 Å². The number of amides is 2. The van der Waals surface area contributed by atoms with Gasteiger partial charge in [0.15, 0.2) is 0 Å². The number of nitro benzene ring substituents is 1. The maximum absolute atomic E-state index is 13.3. The molecule has 1 saturated heterocycles. The number of nitrogens with zero attached hydrogens (tertiary/aromatic N) is 3. The number of benzene rings is 3. The van der Waals surface area contributed by atoms with Crippen molar-refractivity contribution in [1.82, 2.24) is 5.32 Å². The number of carbonyl (C=O) groups is 2. The van der Waals surface area contributed by atoms with Crippen LogP contribution in [0.15, 0.2) is 54.6 Å². The van der Waals surface area contributed by atoms with Crippen molar-refractivity contribution in [2.75, 3.05) is 36.0 Å². The van der Waals surface area contributed by atoms with Crippen molar-refractivity contribution >= 4 is 39.6 Å². The molecule has 150 valence electrons. The number of rotatable bonds is 3. The number of imide groups is 1. The molecule has 0 aliphatic carbocycles. The third-order valence-corrected chi connectivity index (χ3v) is 5.64. The molecule has 1 N–H and O–H groups in total. The van der Waals surface area contributed by atoms with E-state index in [0.717, 1.165) is 42.2 Å². The molecule has 2 amide bonds. The first-order valence-electron chi connectivity index (χ1n) is 9.71. The SMILES string of the molecule is O=C1c2cccc3c(N4CCNCC4)ccc(c23)C(=O)N1c1cccc([N+](=O)[O-])c1. The van der Waals surface area contributed by atoms with Crippen molar-refractivity contribution in [1.29, 1.82) is 0 Å². The van der Waals surface area contributed by atoms with E-state index in [1.165, 1.54) is 24.3 Å². The normalized spacial score (nSPS) is 16.3. The van der Waals surface area contributed by atoms with E-state index in [1.54, 1.807) is 12.1 Å². The quantitative estimate of drug-likeness (QED) is 0.411. The van der Waals surface area contributed by atoms with Crippen molar-refractivity contribution in [3.8, 4) is 0 Å². The number of anilines is 2. The van der Waals surface area contributed by atoms with Crippen LogP contribution in [-0.2, 0) is 0 Å². The highest BCUT2D eigenvalue weighted by Crippen LogP contribution is 2.38. The standard InChI is InChI=1S/C22H18N4O4/c27-21-17-6-2-5-16-19(24-11-9-23-10-12-24)8-7-18(20(16)17)22(28)25(21)14-3-1-4-15(13-14)26(29)30/h1-8,13,23H,9-12H2. The van der Waals surface area contributed by atoms with E-state index >= 15 is 0 Å². The molecule has 8 heteroatoms. The maximum Gasteiger partial charge on any atom is 0.271 e. The summed E-state index contributed by atoms with van der Waals surface area (Å²) in [6, 6.07) is 14.7. The highest BCUT2D eigenvalue weighted by atomic mass is 16.6. The van der Waals surface area contributed by atoms with Gasteiger partial charge in [-0.05, 0) is 24.3 Å². The van der Waals surface area contributed by atoms with E-state index in [4.69, 9.17) is 0 Å². The second kappa shape index (κ2) is 6.93. The highest BCUT2D eigenvalue weighted by Gasteiger charge is 2.35. The first-order valence-corrected chi connectivity index (χ1v) is 9.71. The van der Waals surface area contributed by atoms with Gasteiger partial charge in [0.05, 0.1) is 10.6 Å². The Hall–Kier alpha value is -3.78. The Bertz CT molecular complexity index is 1190. The lowest BCUT2D eigenvalue weighted by Gasteiger charge is -2.32. The molecule has 0 aromatic heterocycles. The Labute approximate surface area is 171 Å². The minimum absolute atomic E-state index is 0.175. The molecule has 0 atom stereocenters. The van der Waals surface area contributed by atoms with Gasteiger partial charge in [-0.25, -0.2) is 4.90 Å². The van der Waals surface area contributed by atoms with Gasteiger partial charge >= 0.3 is 0 Å². The molecule has 1 fully saturated rings. The summed E-state index contributed by atoms with van der Waals surface area (Å²) in [7, 11) is 0. The Morgan fingerprint density at radius 2 is 1.60 bits per heavy atom. The van der Waals surface area contributed by atoms with Crippen LogP contribution in [0, 0.1) is 10.1 Å². The third kappa shape index (κ3) is 2.73. The molecule has 0 unspecified atom stereocenters. The number of non-ortho nitro benzene ring substituents is 1. The number of nitro groups is 1. The van der Waals surface area contributed by atoms with E-state index in [-0.39, 0.29) is 11.4 Å². The van der Waals surface area contributed by atoms with Crippen LogP contribution >= 0.6 is 0 Å². The largest absolute Gasteiger partial charge is 0.368 e. The van der Waals surface area contributed by atoms with Crippen molar-refractivity contribution in [2.45, 2.75) is 0 Å². The molecule has 0 bridgehead atoms. The highest BCUT2D eigenvalue weighted by molar-refractivity contribution is 6.36. The van der Waals surface area contributed by atoms with Gasteiger partial charge in [0.25, 0.3) is 17.5 Å². The summed E-state index contributed by atoms with van der Waals surface area (Å²) < 4.78 is 0. The number of hydrogen-bond acceptors (Lipinski definition) is 6. The molecule has 0 spiro atoms. The van der Waals surface area contributed by atoms with Crippen LogP contribution in [0.5, 0.6) is 0 Å². The second-order valence-electron chi connectivity index (χ2n) is 7.32. The van der Waals surface area contributed by atoms with Gasteiger partial charge in [-0.2, -0.15) is 0 Å². The molecule has 0 saturated carbocycles. The minimum atomic E-state index is -0.545. The Kier molecular flexibility index (Phi) is 4.22. The summed E-state index contributed by atoms with van der Waals surface area (Å²) >= 11 is 0. The van der Waals surface area contributed by atoms with Crippen LogP contribution in [0.1, 0.15) is 20.7 Å². The monoisotopic (exact) mass is 402 g/mol. The fourth-order valence-corrected chi connectivity index (χ4v) is 4.24. The third-order valence-electron chi connectivity index (χ3n) is 5.64. The van der Waals surface area contributed by atoms with Crippen LogP contribution in [0.25, 0.3) is 10.8 Å². The molecule has 30 heavy (non-hydrogen) atoms. The molecule has 8 nitrogen and oxygen atoms in total. The number of nitrogens with one attached hydrogen (secondary N) is 1. The average Bonchev–Trinajstić information content (AvgIpc) is 2.78. The number of hydrogen-bond donors (Lipinski definition) is 1. The van der Waals surface area contributed by atoms with Crippen molar-refractivity contribution in [3.63, 3.8) is 0 Å². The van der Waals surface area contributed by atoms with Crippen molar-refractivity contribution < 1.29 is 14.5 Å². The van der Waals surface area contributed by atoms with Crippen molar-refractivity contribution in [2.24, 2.45) is 0 Å². The van der Waals surface area contributed by atoms with Gasteiger partial charge in [-0.1, -0.05) is 18.2 Å². The summed E-state index contributed by atoms with van der Waals surface area (Å²) in [6.45, 7) is 3.45. The van der Waals surface area contributed by atoms with Crippen LogP contribution in [0.2, 0.25) is 0 Å². The lowest BCUT2D eigenvalue weighted by atomic mass is 9.92. The molecule has 5 rings (SSSR count). The Balaban J connectivity index is 1.66. The Morgan fingerprint density at radius 3 is 2.33 bits per heavy atom. The van der Waals surface area contributed by atoms with Crippen LogP contribution in [0.3, 0.4) is 0 Å². The summed E-state index contributed by atoms with van der Waals surface area (Å²) in [5, 5.41) is 16.0. The fourth-order valence-electron chi connectivity index (χ4n) is 4.24. The molecular formula is C22H18N4O4. The first kappa shape index (κ1) is 18.3. The molecule has 0 radical (unpaired) electrons. The molecule has 3 aromatic carbocycles. The molecule has 2 aliphatic rings. The zero-order chi connectivity index (χ0) is 20.8. The van der Waals surface area contributed by atoms with E-state index < -0.39 is 16.7 Å². The van der Waals surface area contributed by atoms with Crippen LogP contribution < -0.4 is 15.1 Å². The van der Waals surface area contributed by atoms with Crippen LogP contribution in [0.4, 0.5) is 17.1 Å². The van der Waals surface area contributed by atoms with Gasteiger partial charge in [0.2, 0.25) is 0 Å².